The van der Waals surface area contributed by atoms with Gasteiger partial charge in [0.2, 0.25) is 0 Å². The highest BCUT2D eigenvalue weighted by Crippen LogP contribution is 2.57. The molecule has 0 amide bonds. The van der Waals surface area contributed by atoms with Crippen molar-refractivity contribution >= 4 is 5.97 Å². The van der Waals surface area contributed by atoms with Crippen molar-refractivity contribution in [3.8, 4) is 0 Å². The lowest BCUT2D eigenvalue weighted by molar-refractivity contribution is -0.175. The lowest BCUT2D eigenvalue weighted by Gasteiger charge is -2.55. The Hall–Kier alpha value is -0.910. The van der Waals surface area contributed by atoms with Crippen molar-refractivity contribution in [1.82, 2.24) is 0 Å². The summed E-state index contributed by atoms with van der Waals surface area (Å²) in [5.41, 5.74) is -3.23. The lowest BCUT2D eigenvalue weighted by Crippen LogP contribution is -2.61. The van der Waals surface area contributed by atoms with Crippen LogP contribution >= 0.6 is 0 Å². The molecule has 2 fully saturated rings. The molecule has 7 atom stereocenters. The molecule has 3 rings (SSSR count). The minimum absolute atomic E-state index is 0.335. The van der Waals surface area contributed by atoms with Crippen LogP contribution in [0.3, 0.4) is 0 Å². The summed E-state index contributed by atoms with van der Waals surface area (Å²) in [6, 6.07) is 0. The van der Waals surface area contributed by atoms with Gasteiger partial charge in [-0.3, -0.25) is 0 Å². The van der Waals surface area contributed by atoms with E-state index >= 15 is 0 Å². The van der Waals surface area contributed by atoms with E-state index in [4.69, 9.17) is 4.74 Å². The summed E-state index contributed by atoms with van der Waals surface area (Å²) in [6.07, 6.45) is 3.17. The van der Waals surface area contributed by atoms with Gasteiger partial charge in [0.1, 0.15) is 6.10 Å². The number of rotatable bonds is 0. The fourth-order valence-electron chi connectivity index (χ4n) is 4.48. The van der Waals surface area contributed by atoms with Crippen LogP contribution in [-0.4, -0.2) is 44.7 Å². The van der Waals surface area contributed by atoms with Crippen molar-refractivity contribution in [2.75, 3.05) is 0 Å². The number of hydrogen-bond acceptors (Lipinski definition) is 5. The Morgan fingerprint density at radius 3 is 2.60 bits per heavy atom. The van der Waals surface area contributed by atoms with E-state index in [0.29, 0.717) is 12.8 Å². The third-order valence-corrected chi connectivity index (χ3v) is 5.73. The predicted octanol–water partition coefficient (Wildman–Crippen LogP) is 0.377. The van der Waals surface area contributed by atoms with Gasteiger partial charge in [-0.1, -0.05) is 19.1 Å². The Balaban J connectivity index is 2.07. The van der Waals surface area contributed by atoms with Crippen LogP contribution in [0.15, 0.2) is 12.2 Å². The zero-order valence-electron chi connectivity index (χ0n) is 12.0. The van der Waals surface area contributed by atoms with E-state index in [2.05, 4.69) is 0 Å². The first-order valence-electron chi connectivity index (χ1n) is 7.14. The Morgan fingerprint density at radius 1 is 1.30 bits per heavy atom. The van der Waals surface area contributed by atoms with E-state index in [1.54, 1.807) is 19.1 Å². The molecule has 5 heteroatoms. The van der Waals surface area contributed by atoms with E-state index in [9.17, 15) is 20.1 Å². The number of esters is 1. The van der Waals surface area contributed by atoms with Crippen LogP contribution in [0.1, 0.15) is 33.6 Å². The number of carbonyl (C=O) groups is 1. The molecule has 2 aliphatic carbocycles. The van der Waals surface area contributed by atoms with Gasteiger partial charge in [-0.05, 0) is 26.7 Å². The van der Waals surface area contributed by atoms with Crippen LogP contribution in [-0.2, 0) is 9.53 Å². The molecule has 0 bridgehead atoms. The molecule has 1 heterocycles. The molecule has 0 radical (unpaired) electrons. The second kappa shape index (κ2) is 3.84. The smallest absolute Gasteiger partial charge is 0.338 e. The summed E-state index contributed by atoms with van der Waals surface area (Å²) in [4.78, 5) is 11.9. The molecule has 20 heavy (non-hydrogen) atoms. The van der Waals surface area contributed by atoms with Crippen molar-refractivity contribution in [3.05, 3.63) is 12.2 Å². The number of ether oxygens (including phenoxy) is 1. The van der Waals surface area contributed by atoms with Gasteiger partial charge < -0.3 is 20.1 Å². The van der Waals surface area contributed by atoms with E-state index in [0.717, 1.165) is 0 Å². The van der Waals surface area contributed by atoms with Crippen LogP contribution in [0.4, 0.5) is 0 Å². The fourth-order valence-corrected chi connectivity index (χ4v) is 4.48. The molecule has 0 aromatic carbocycles. The molecule has 3 N–H and O–H groups in total. The van der Waals surface area contributed by atoms with Gasteiger partial charge in [-0.2, -0.15) is 0 Å². The maximum absolute atomic E-state index is 11.9. The van der Waals surface area contributed by atoms with Gasteiger partial charge in [0, 0.05) is 17.3 Å². The third kappa shape index (κ3) is 1.57. The zero-order chi connectivity index (χ0) is 14.9. The summed E-state index contributed by atoms with van der Waals surface area (Å²) >= 11 is 0. The molecule has 1 aliphatic heterocycles. The molecule has 0 aromatic rings. The molecule has 1 saturated carbocycles. The fraction of sp³-hybridized carbons (Fsp3) is 0.800. The molecular formula is C15H22O5. The molecular weight excluding hydrogens is 260 g/mol. The van der Waals surface area contributed by atoms with E-state index in [1.165, 1.54) is 6.92 Å². The first kappa shape index (κ1) is 14.0. The van der Waals surface area contributed by atoms with Crippen molar-refractivity contribution < 1.29 is 24.9 Å². The maximum Gasteiger partial charge on any atom is 0.338 e. The number of hydrogen-bond donors (Lipinski definition) is 3. The maximum atomic E-state index is 11.9. The average Bonchev–Trinajstić information content (AvgIpc) is 2.55. The normalized spacial score (nSPS) is 58.0. The predicted molar refractivity (Wildman–Crippen MR) is 70.6 cm³/mol. The van der Waals surface area contributed by atoms with Gasteiger partial charge in [-0.25, -0.2) is 4.79 Å². The summed E-state index contributed by atoms with van der Waals surface area (Å²) in [5.74, 6) is -1.39. The van der Waals surface area contributed by atoms with Gasteiger partial charge in [0.15, 0.2) is 5.60 Å². The zero-order valence-corrected chi connectivity index (χ0v) is 12.0. The van der Waals surface area contributed by atoms with E-state index in [-0.39, 0.29) is 5.92 Å². The summed E-state index contributed by atoms with van der Waals surface area (Å²) in [5, 5.41) is 31.3. The standard InChI is InChI=1S/C15H22O5/c1-13-6-4-8-10(20-12(17)15(8,3)19)11(13)14(2,18)7-5-9(13)16/h5,7-11,16,18-19H,4,6H2,1-3H3. The minimum Gasteiger partial charge on any atom is -0.459 e. The lowest BCUT2D eigenvalue weighted by atomic mass is 9.52. The van der Waals surface area contributed by atoms with Gasteiger partial charge in [0.25, 0.3) is 0 Å². The number of aliphatic hydroxyl groups excluding tert-OH is 1. The topological polar surface area (TPSA) is 87.0 Å². The van der Waals surface area contributed by atoms with Crippen LogP contribution in [0.5, 0.6) is 0 Å². The Kier molecular flexibility index (Phi) is 2.70. The Bertz CT molecular complexity index is 481. The van der Waals surface area contributed by atoms with Crippen molar-refractivity contribution in [2.24, 2.45) is 17.3 Å². The second-order valence-electron chi connectivity index (χ2n) is 7.18. The third-order valence-electron chi connectivity index (χ3n) is 5.73. The van der Waals surface area contributed by atoms with Crippen molar-refractivity contribution in [1.29, 1.82) is 0 Å². The minimum atomic E-state index is -1.51. The molecule has 5 nitrogen and oxygen atoms in total. The Labute approximate surface area is 118 Å². The monoisotopic (exact) mass is 282 g/mol. The molecule has 1 saturated heterocycles. The average molecular weight is 282 g/mol. The number of aliphatic hydroxyl groups is 3. The Morgan fingerprint density at radius 2 is 1.95 bits per heavy atom. The van der Waals surface area contributed by atoms with Crippen LogP contribution < -0.4 is 0 Å². The summed E-state index contributed by atoms with van der Waals surface area (Å²) in [6.45, 7) is 5.06. The quantitative estimate of drug-likeness (QED) is 0.441. The number of fused-ring (bicyclic) bond motifs is 3. The summed E-state index contributed by atoms with van der Waals surface area (Å²) < 4.78 is 5.41. The first-order valence-corrected chi connectivity index (χ1v) is 7.14. The first-order chi connectivity index (χ1) is 9.10. The van der Waals surface area contributed by atoms with Crippen LogP contribution in [0, 0.1) is 17.3 Å². The van der Waals surface area contributed by atoms with Crippen molar-refractivity contribution in [2.45, 2.75) is 57.0 Å². The van der Waals surface area contributed by atoms with Gasteiger partial charge in [-0.15, -0.1) is 0 Å². The molecule has 7 unspecified atom stereocenters. The second-order valence-corrected chi connectivity index (χ2v) is 7.18. The SMILES string of the molecule is CC1(O)C=CC(O)C2(C)CCC3C(OC(=O)C3(C)O)C12. The van der Waals surface area contributed by atoms with E-state index in [1.807, 2.05) is 6.92 Å². The van der Waals surface area contributed by atoms with Crippen molar-refractivity contribution in [3.63, 3.8) is 0 Å². The van der Waals surface area contributed by atoms with Gasteiger partial charge >= 0.3 is 5.97 Å². The summed E-state index contributed by atoms with van der Waals surface area (Å²) in [7, 11) is 0. The van der Waals surface area contributed by atoms with E-state index < -0.39 is 40.7 Å². The number of carbonyl (C=O) groups excluding carboxylic acids is 1. The highest BCUT2D eigenvalue weighted by Gasteiger charge is 2.66. The largest absolute Gasteiger partial charge is 0.459 e. The highest BCUT2D eigenvalue weighted by molar-refractivity contribution is 5.81. The molecule has 3 aliphatic rings. The molecule has 0 aromatic heterocycles. The molecule has 112 valence electrons. The molecule has 0 spiro atoms. The highest BCUT2D eigenvalue weighted by atomic mass is 16.6. The van der Waals surface area contributed by atoms with Crippen LogP contribution in [0.25, 0.3) is 0 Å². The van der Waals surface area contributed by atoms with Gasteiger partial charge in [0.05, 0.1) is 11.7 Å². The van der Waals surface area contributed by atoms with Crippen LogP contribution in [0.2, 0.25) is 0 Å².